The monoisotopic (exact) mass is 354 g/mol. The number of hydrogen-bond donors (Lipinski definition) is 2. The Morgan fingerprint density at radius 2 is 1.96 bits per heavy atom. The topological polar surface area (TPSA) is 71.2 Å². The van der Waals surface area contributed by atoms with Gasteiger partial charge in [0.25, 0.3) is 5.91 Å². The maximum atomic E-state index is 13.1. The van der Waals surface area contributed by atoms with E-state index < -0.39 is 5.54 Å². The van der Waals surface area contributed by atoms with Gasteiger partial charge in [-0.3, -0.25) is 9.59 Å². The zero-order valence-corrected chi connectivity index (χ0v) is 16.0. The minimum Gasteiger partial charge on any atom is -0.493 e. The number of Topliss-reactive ketones (excluding diaryl/α,β-unsaturated/α-hetero) is 1. The van der Waals surface area contributed by atoms with Crippen molar-refractivity contribution in [1.82, 2.24) is 10.3 Å². The molecule has 5 heteroatoms. The summed E-state index contributed by atoms with van der Waals surface area (Å²) in [5, 5.41) is 3.18. The third-order valence-corrected chi connectivity index (χ3v) is 5.11. The number of benzene rings is 1. The van der Waals surface area contributed by atoms with Gasteiger partial charge in [0.1, 0.15) is 11.4 Å². The molecule has 2 heterocycles. The molecule has 2 N–H and O–H groups in total. The maximum absolute atomic E-state index is 13.1. The first-order valence-electron chi connectivity index (χ1n) is 9.03. The van der Waals surface area contributed by atoms with Crippen molar-refractivity contribution in [3.05, 3.63) is 52.3 Å². The summed E-state index contributed by atoms with van der Waals surface area (Å²) in [5.41, 5.74) is 3.09. The lowest BCUT2D eigenvalue weighted by Crippen LogP contribution is -2.47. The number of carbonyl (C=O) groups is 2. The Bertz CT molecular complexity index is 866. The summed E-state index contributed by atoms with van der Waals surface area (Å²) in [6.07, 6.45) is 0.687. The van der Waals surface area contributed by atoms with Crippen molar-refractivity contribution in [3.63, 3.8) is 0 Å². The average molecular weight is 354 g/mol. The molecule has 5 nitrogen and oxygen atoms in total. The average Bonchev–Trinajstić information content (AvgIpc) is 2.93. The van der Waals surface area contributed by atoms with E-state index in [1.165, 1.54) is 0 Å². The number of hydrogen-bond acceptors (Lipinski definition) is 3. The van der Waals surface area contributed by atoms with Gasteiger partial charge in [-0.15, -0.1) is 0 Å². The lowest BCUT2D eigenvalue weighted by Gasteiger charge is -2.36. The van der Waals surface area contributed by atoms with Crippen molar-refractivity contribution in [3.8, 4) is 5.75 Å². The van der Waals surface area contributed by atoms with E-state index >= 15 is 0 Å². The van der Waals surface area contributed by atoms with Gasteiger partial charge in [0.2, 0.25) is 0 Å². The molecule has 1 amide bonds. The lowest BCUT2D eigenvalue weighted by molar-refractivity contribution is 0.0867. The van der Waals surface area contributed by atoms with Crippen LogP contribution >= 0.6 is 0 Å². The van der Waals surface area contributed by atoms with Gasteiger partial charge in [0.05, 0.1) is 12.1 Å². The summed E-state index contributed by atoms with van der Waals surface area (Å²) in [4.78, 5) is 28.4. The summed E-state index contributed by atoms with van der Waals surface area (Å²) < 4.78 is 5.72. The number of ether oxygens (including phenoxy) is 1. The van der Waals surface area contributed by atoms with Crippen LogP contribution in [0.4, 0.5) is 0 Å². The minimum absolute atomic E-state index is 0.0240. The fourth-order valence-corrected chi connectivity index (χ4v) is 3.85. The second kappa shape index (κ2) is 6.63. The number of nitrogens with one attached hydrogen (secondary N) is 2. The molecule has 3 rings (SSSR count). The van der Waals surface area contributed by atoms with E-state index in [4.69, 9.17) is 4.74 Å². The van der Waals surface area contributed by atoms with Crippen LogP contribution in [0.15, 0.2) is 24.3 Å². The summed E-state index contributed by atoms with van der Waals surface area (Å²) in [6.45, 7) is 9.94. The highest BCUT2D eigenvalue weighted by atomic mass is 16.5. The molecule has 0 saturated heterocycles. The second-order valence-corrected chi connectivity index (χ2v) is 7.51. The number of aryl methyl sites for hydroxylation is 1. The standard InChI is InChI=1S/C21H26N2O3/c1-12(2)17-18(14(4)24)13(3)22-19(17)20(25)23-21(5)10-11-26-16-9-7-6-8-15(16)21/h6-9,12,22H,10-11H2,1-5H3,(H,23,25). The lowest BCUT2D eigenvalue weighted by atomic mass is 9.86. The highest BCUT2D eigenvalue weighted by Crippen LogP contribution is 2.37. The summed E-state index contributed by atoms with van der Waals surface area (Å²) in [5.74, 6) is 0.653. The Morgan fingerprint density at radius 1 is 1.27 bits per heavy atom. The normalized spacial score (nSPS) is 19.0. The molecule has 1 aliphatic heterocycles. The molecular formula is C21H26N2O3. The van der Waals surface area contributed by atoms with E-state index in [0.717, 1.165) is 22.6 Å². The van der Waals surface area contributed by atoms with Gasteiger partial charge in [0, 0.05) is 23.2 Å². The van der Waals surface area contributed by atoms with Crippen molar-refractivity contribution in [2.24, 2.45) is 0 Å². The van der Waals surface area contributed by atoms with E-state index in [1.807, 2.05) is 52.0 Å². The van der Waals surface area contributed by atoms with Gasteiger partial charge < -0.3 is 15.0 Å². The number of aromatic amines is 1. The van der Waals surface area contributed by atoms with Gasteiger partial charge >= 0.3 is 0 Å². The molecule has 26 heavy (non-hydrogen) atoms. The van der Waals surface area contributed by atoms with Crippen molar-refractivity contribution < 1.29 is 14.3 Å². The molecule has 1 atom stereocenters. The van der Waals surface area contributed by atoms with Gasteiger partial charge in [-0.2, -0.15) is 0 Å². The smallest absolute Gasteiger partial charge is 0.268 e. The Hall–Kier alpha value is -2.56. The number of amides is 1. The van der Waals surface area contributed by atoms with Crippen LogP contribution in [0, 0.1) is 6.92 Å². The van der Waals surface area contributed by atoms with E-state index in [0.29, 0.717) is 24.3 Å². The van der Waals surface area contributed by atoms with Crippen molar-refractivity contribution in [2.75, 3.05) is 6.61 Å². The zero-order chi connectivity index (χ0) is 19.1. The third-order valence-electron chi connectivity index (χ3n) is 5.11. The molecule has 1 aromatic carbocycles. The maximum Gasteiger partial charge on any atom is 0.268 e. The summed E-state index contributed by atoms with van der Waals surface area (Å²) in [6, 6.07) is 7.78. The molecule has 0 saturated carbocycles. The molecule has 0 radical (unpaired) electrons. The fourth-order valence-electron chi connectivity index (χ4n) is 3.85. The second-order valence-electron chi connectivity index (χ2n) is 7.51. The molecular weight excluding hydrogens is 328 g/mol. The highest BCUT2D eigenvalue weighted by molar-refractivity contribution is 6.03. The van der Waals surface area contributed by atoms with E-state index in [2.05, 4.69) is 10.3 Å². The van der Waals surface area contributed by atoms with Crippen LogP contribution in [0.1, 0.15) is 77.7 Å². The van der Waals surface area contributed by atoms with Crippen LogP contribution in [0.5, 0.6) is 5.75 Å². The number of para-hydroxylation sites is 1. The molecule has 1 aliphatic rings. The van der Waals surface area contributed by atoms with Crippen LogP contribution in [-0.4, -0.2) is 23.3 Å². The number of aromatic nitrogens is 1. The van der Waals surface area contributed by atoms with Gasteiger partial charge in [-0.05, 0) is 38.3 Å². The van der Waals surface area contributed by atoms with Crippen molar-refractivity contribution in [1.29, 1.82) is 0 Å². The highest BCUT2D eigenvalue weighted by Gasteiger charge is 2.36. The first kappa shape index (κ1) is 18.2. The van der Waals surface area contributed by atoms with Crippen molar-refractivity contribution >= 4 is 11.7 Å². The summed E-state index contributed by atoms with van der Waals surface area (Å²) >= 11 is 0. The molecule has 1 aromatic heterocycles. The van der Waals surface area contributed by atoms with Crippen molar-refractivity contribution in [2.45, 2.75) is 52.5 Å². The predicted molar refractivity (Wildman–Crippen MR) is 101 cm³/mol. The molecule has 2 aromatic rings. The minimum atomic E-state index is -0.518. The molecule has 0 spiro atoms. The Balaban J connectivity index is 2.00. The molecule has 0 fully saturated rings. The Labute approximate surface area is 154 Å². The molecule has 0 aliphatic carbocycles. The van der Waals surface area contributed by atoms with Crippen LogP contribution in [0.25, 0.3) is 0 Å². The number of H-pyrrole nitrogens is 1. The van der Waals surface area contributed by atoms with Crippen LogP contribution in [-0.2, 0) is 5.54 Å². The molecule has 1 unspecified atom stereocenters. The first-order valence-corrected chi connectivity index (χ1v) is 9.03. The van der Waals surface area contributed by atoms with E-state index in [1.54, 1.807) is 6.92 Å². The fraction of sp³-hybridized carbons (Fsp3) is 0.429. The van der Waals surface area contributed by atoms with E-state index in [9.17, 15) is 9.59 Å². The largest absolute Gasteiger partial charge is 0.493 e. The zero-order valence-electron chi connectivity index (χ0n) is 16.0. The number of fused-ring (bicyclic) bond motifs is 1. The number of carbonyl (C=O) groups excluding carboxylic acids is 2. The quantitative estimate of drug-likeness (QED) is 0.813. The van der Waals surface area contributed by atoms with Crippen LogP contribution in [0.3, 0.4) is 0 Å². The molecule has 138 valence electrons. The Kier molecular flexibility index (Phi) is 4.65. The SMILES string of the molecule is CC(=O)c1c(C)[nH]c(C(=O)NC2(C)CCOc3ccccc32)c1C(C)C. The van der Waals surface area contributed by atoms with Gasteiger partial charge in [-0.25, -0.2) is 0 Å². The predicted octanol–water partition coefficient (Wildman–Crippen LogP) is 4.08. The van der Waals surface area contributed by atoms with Gasteiger partial charge in [0.15, 0.2) is 5.78 Å². The third kappa shape index (κ3) is 3.02. The Morgan fingerprint density at radius 3 is 2.62 bits per heavy atom. The number of ketones is 1. The summed E-state index contributed by atoms with van der Waals surface area (Å²) in [7, 11) is 0. The van der Waals surface area contributed by atoms with Crippen LogP contribution in [0.2, 0.25) is 0 Å². The molecule has 0 bridgehead atoms. The van der Waals surface area contributed by atoms with Gasteiger partial charge in [-0.1, -0.05) is 32.0 Å². The van der Waals surface area contributed by atoms with E-state index in [-0.39, 0.29) is 17.6 Å². The van der Waals surface area contributed by atoms with Crippen LogP contribution < -0.4 is 10.1 Å². The first-order chi connectivity index (χ1) is 12.2. The number of rotatable bonds is 4.